The van der Waals surface area contributed by atoms with E-state index in [9.17, 15) is 19.5 Å². The molecule has 0 saturated carbocycles. The molecule has 0 aromatic carbocycles. The fourth-order valence-electron chi connectivity index (χ4n) is 12.7. The Labute approximate surface area is 591 Å². The topological polar surface area (TPSA) is 108 Å². The molecule has 0 amide bonds. The van der Waals surface area contributed by atoms with E-state index in [0.29, 0.717) is 17.4 Å². The number of nitrogens with zero attached hydrogens (tertiary/aromatic N) is 1. The standard InChI is InChI=1S/C86H161NO8/c1-6-8-10-12-14-16-18-20-22-24-26-28-30-32-34-36-38-39-40-41-42-43-44-45-47-49-51-53-55-57-59-61-63-65-67-69-71-73-75-77-84(89)95-82(81-94-86(85(90)91)92-79-78-87(3,4)5)80-93-83(88)76-74-72-70-68-66-64-62-60-58-56-54-52-50-48-46-37-35-33-31-29-27-25-23-21-19-17-15-13-11-9-7-2/h18-21,24-27,82,86H,6-17,22-23,28-81H2,1-5H3/p+1/b20-18-,21-19-,26-24-,27-25-. The number of quaternary nitrogens is 1. The van der Waals surface area contributed by atoms with Crippen molar-refractivity contribution in [2.75, 3.05) is 47.5 Å². The van der Waals surface area contributed by atoms with E-state index < -0.39 is 18.4 Å². The zero-order chi connectivity index (χ0) is 69.0. The molecule has 0 radical (unpaired) electrons. The summed E-state index contributed by atoms with van der Waals surface area (Å²) in [5.74, 6) is -1.97. The first-order chi connectivity index (χ1) is 46.6. The molecule has 0 aliphatic rings. The van der Waals surface area contributed by atoms with Crippen LogP contribution in [0.3, 0.4) is 0 Å². The number of ether oxygens (including phenoxy) is 4. The van der Waals surface area contributed by atoms with Crippen LogP contribution in [0.5, 0.6) is 0 Å². The molecule has 9 nitrogen and oxygen atoms in total. The number of allylic oxidation sites excluding steroid dienone is 8. The van der Waals surface area contributed by atoms with E-state index in [-0.39, 0.29) is 38.2 Å². The fourth-order valence-corrected chi connectivity index (χ4v) is 12.7. The molecule has 0 aromatic heterocycles. The largest absolute Gasteiger partial charge is 0.477 e. The van der Waals surface area contributed by atoms with Gasteiger partial charge in [0.2, 0.25) is 0 Å². The highest BCUT2D eigenvalue weighted by atomic mass is 16.7. The molecule has 558 valence electrons. The molecule has 0 fully saturated rings. The molecule has 0 heterocycles. The summed E-state index contributed by atoms with van der Waals surface area (Å²) >= 11 is 0. The van der Waals surface area contributed by atoms with Gasteiger partial charge in [0.25, 0.3) is 6.29 Å². The van der Waals surface area contributed by atoms with E-state index in [4.69, 9.17) is 18.9 Å². The predicted octanol–water partition coefficient (Wildman–Crippen LogP) is 26.8. The molecular weight excluding hydrogens is 1170 g/mol. The van der Waals surface area contributed by atoms with E-state index in [1.807, 2.05) is 21.1 Å². The molecule has 0 rings (SSSR count). The number of carbonyl (C=O) groups is 3. The van der Waals surface area contributed by atoms with Gasteiger partial charge in [-0.1, -0.05) is 383 Å². The lowest BCUT2D eigenvalue weighted by Crippen LogP contribution is -2.40. The third-order valence-electron chi connectivity index (χ3n) is 19.1. The first-order valence-corrected chi connectivity index (χ1v) is 41.8. The second kappa shape index (κ2) is 77.0. The summed E-state index contributed by atoms with van der Waals surface area (Å²) in [5.41, 5.74) is 0. The van der Waals surface area contributed by atoms with Gasteiger partial charge in [-0.2, -0.15) is 0 Å². The second-order valence-electron chi connectivity index (χ2n) is 29.8. The summed E-state index contributed by atoms with van der Waals surface area (Å²) in [5, 5.41) is 9.78. The van der Waals surface area contributed by atoms with E-state index in [1.165, 1.54) is 347 Å². The summed E-state index contributed by atoms with van der Waals surface area (Å²) in [7, 11) is 6.00. The van der Waals surface area contributed by atoms with Crippen molar-refractivity contribution >= 4 is 17.9 Å². The zero-order valence-electron chi connectivity index (χ0n) is 64.1. The smallest absolute Gasteiger partial charge is 0.361 e. The molecule has 0 aliphatic carbocycles. The number of esters is 2. The van der Waals surface area contributed by atoms with Crippen LogP contribution in [0.2, 0.25) is 0 Å². The van der Waals surface area contributed by atoms with Crippen LogP contribution in [0.4, 0.5) is 0 Å². The maximum Gasteiger partial charge on any atom is 0.361 e. The Morgan fingerprint density at radius 2 is 0.568 bits per heavy atom. The third-order valence-corrected chi connectivity index (χ3v) is 19.1. The number of carbonyl (C=O) groups excluding carboxylic acids is 2. The van der Waals surface area contributed by atoms with Gasteiger partial charge in [0.1, 0.15) is 13.2 Å². The van der Waals surface area contributed by atoms with Crippen LogP contribution in [0.25, 0.3) is 0 Å². The second-order valence-corrected chi connectivity index (χ2v) is 29.8. The number of hydrogen-bond acceptors (Lipinski definition) is 7. The predicted molar refractivity (Wildman–Crippen MR) is 410 cm³/mol. The average Bonchev–Trinajstić information content (AvgIpc) is 2.92. The van der Waals surface area contributed by atoms with Gasteiger partial charge >= 0.3 is 17.9 Å². The van der Waals surface area contributed by atoms with Crippen molar-refractivity contribution in [1.29, 1.82) is 0 Å². The van der Waals surface area contributed by atoms with E-state index in [2.05, 4.69) is 62.5 Å². The van der Waals surface area contributed by atoms with Gasteiger partial charge in [-0.05, 0) is 77.0 Å². The van der Waals surface area contributed by atoms with E-state index in [0.717, 1.165) is 51.4 Å². The zero-order valence-corrected chi connectivity index (χ0v) is 64.1. The molecule has 0 saturated heterocycles. The van der Waals surface area contributed by atoms with Crippen molar-refractivity contribution in [2.24, 2.45) is 0 Å². The summed E-state index contributed by atoms with van der Waals surface area (Å²) in [6.07, 6.45) is 98.6. The maximum absolute atomic E-state index is 13.0. The Bertz CT molecular complexity index is 1700. The fraction of sp³-hybridized carbons (Fsp3) is 0.872. The summed E-state index contributed by atoms with van der Waals surface area (Å²) in [6.45, 7) is 4.93. The number of carboxylic acid groups (broad SMARTS) is 1. The minimum absolute atomic E-state index is 0.176. The lowest BCUT2D eigenvalue weighted by atomic mass is 10.0. The highest BCUT2D eigenvalue weighted by molar-refractivity contribution is 5.71. The van der Waals surface area contributed by atoms with Crippen LogP contribution in [0.15, 0.2) is 48.6 Å². The monoisotopic (exact) mass is 1340 g/mol. The van der Waals surface area contributed by atoms with Crippen molar-refractivity contribution in [1.82, 2.24) is 0 Å². The van der Waals surface area contributed by atoms with Crippen molar-refractivity contribution < 1.29 is 42.9 Å². The molecule has 0 bridgehead atoms. The van der Waals surface area contributed by atoms with Gasteiger partial charge in [-0.3, -0.25) is 9.59 Å². The van der Waals surface area contributed by atoms with Gasteiger partial charge in [0, 0.05) is 12.8 Å². The minimum Gasteiger partial charge on any atom is -0.477 e. The Morgan fingerprint density at radius 1 is 0.316 bits per heavy atom. The summed E-state index contributed by atoms with van der Waals surface area (Å²) in [4.78, 5) is 37.8. The van der Waals surface area contributed by atoms with Crippen LogP contribution in [0.1, 0.15) is 425 Å². The number of likely N-dealkylation sites (N-methyl/N-ethyl adjacent to an activating group) is 1. The van der Waals surface area contributed by atoms with Crippen molar-refractivity contribution in [2.45, 2.75) is 437 Å². The van der Waals surface area contributed by atoms with Crippen molar-refractivity contribution in [3.8, 4) is 0 Å². The highest BCUT2D eigenvalue weighted by Gasteiger charge is 2.25. The molecule has 0 aromatic rings. The van der Waals surface area contributed by atoms with Gasteiger partial charge in [0.05, 0.1) is 34.4 Å². The highest BCUT2D eigenvalue weighted by Crippen LogP contribution is 2.20. The molecule has 9 heteroatoms. The summed E-state index contributed by atoms with van der Waals surface area (Å²) in [6, 6.07) is 0. The SMILES string of the molecule is CCCCCCC/C=C\C/C=C\CCCCCCCCCCCCCCCCCCCCCCCCCCCCCC(=O)OC(COC(=O)CCCCCCCCCCCCCCCCCCCCC/C=C\C/C=C\CCCCCCC)COC(OCC[N+](C)(C)C)C(=O)O. The number of hydrogen-bond donors (Lipinski definition) is 1. The number of rotatable bonds is 79. The number of aliphatic carboxylic acids is 1. The average molecular weight is 1340 g/mol. The Morgan fingerprint density at radius 3 is 0.832 bits per heavy atom. The van der Waals surface area contributed by atoms with E-state index in [1.54, 1.807) is 0 Å². The van der Waals surface area contributed by atoms with E-state index >= 15 is 0 Å². The first kappa shape index (κ1) is 92.2. The Balaban J connectivity index is 3.94. The van der Waals surface area contributed by atoms with Crippen LogP contribution in [-0.4, -0.2) is 87.4 Å². The maximum atomic E-state index is 13.0. The van der Waals surface area contributed by atoms with Gasteiger partial charge < -0.3 is 28.5 Å². The lowest BCUT2D eigenvalue weighted by molar-refractivity contribution is -0.870. The lowest BCUT2D eigenvalue weighted by Gasteiger charge is -2.25. The Hall–Kier alpha value is -2.75. The van der Waals surface area contributed by atoms with Crippen LogP contribution in [0, 0.1) is 0 Å². The molecular formula is C86H162NO8+. The molecule has 0 aliphatic heterocycles. The van der Waals surface area contributed by atoms with Gasteiger partial charge in [0.15, 0.2) is 6.10 Å². The van der Waals surface area contributed by atoms with Crippen LogP contribution >= 0.6 is 0 Å². The van der Waals surface area contributed by atoms with Gasteiger partial charge in [-0.25, -0.2) is 4.79 Å². The molecule has 0 spiro atoms. The molecule has 2 unspecified atom stereocenters. The third kappa shape index (κ3) is 78.5. The van der Waals surface area contributed by atoms with Crippen LogP contribution < -0.4 is 0 Å². The molecule has 95 heavy (non-hydrogen) atoms. The van der Waals surface area contributed by atoms with Crippen molar-refractivity contribution in [3.63, 3.8) is 0 Å². The normalized spacial score (nSPS) is 12.8. The van der Waals surface area contributed by atoms with Crippen molar-refractivity contribution in [3.05, 3.63) is 48.6 Å². The molecule has 1 N–H and O–H groups in total. The molecule has 2 atom stereocenters. The number of carboxylic acids is 1. The Kier molecular flexibility index (Phi) is 74.8. The van der Waals surface area contributed by atoms with Gasteiger partial charge in [-0.15, -0.1) is 0 Å². The first-order valence-electron chi connectivity index (χ1n) is 41.8. The summed E-state index contributed by atoms with van der Waals surface area (Å²) < 4.78 is 23.1. The minimum atomic E-state index is -1.51. The number of unbranched alkanes of at least 4 members (excludes halogenated alkanes) is 56. The van der Waals surface area contributed by atoms with Crippen LogP contribution in [-0.2, 0) is 33.3 Å². The quantitative estimate of drug-likeness (QED) is 0.0211.